The van der Waals surface area contributed by atoms with E-state index >= 15 is 0 Å². The average molecular weight is 312 g/mol. The second kappa shape index (κ2) is 6.62. The summed E-state index contributed by atoms with van der Waals surface area (Å²) in [6.45, 7) is 10.5. The lowest BCUT2D eigenvalue weighted by Crippen LogP contribution is -2.01. The second-order valence-corrected chi connectivity index (χ2v) is 8.15. The van der Waals surface area contributed by atoms with E-state index in [4.69, 9.17) is 0 Å². The molecule has 2 heterocycles. The Morgan fingerprint density at radius 1 is 0.750 bits per heavy atom. The topological polar surface area (TPSA) is 83.1 Å². The van der Waals surface area contributed by atoms with Gasteiger partial charge < -0.3 is 0 Å². The number of hydrogen-bond donors (Lipinski definition) is 2. The molecule has 110 valence electrons. The largest absolute Gasteiger partial charge is 0.262 e. The predicted molar refractivity (Wildman–Crippen MR) is 82.3 cm³/mol. The Labute approximate surface area is 127 Å². The summed E-state index contributed by atoms with van der Waals surface area (Å²) in [6, 6.07) is 0. The van der Waals surface area contributed by atoms with Crippen LogP contribution in [0.3, 0.4) is 0 Å². The molecule has 0 aliphatic rings. The fraction of sp³-hybridized carbons (Fsp3) is 0.667. The maximum absolute atomic E-state index is 4.50. The van der Waals surface area contributed by atoms with Gasteiger partial charge >= 0.3 is 0 Å². The summed E-state index contributed by atoms with van der Waals surface area (Å²) in [4.78, 5) is 9.00. The lowest BCUT2D eigenvalue weighted by atomic mass is 10.1. The minimum atomic E-state index is 0.0259. The zero-order chi connectivity index (χ0) is 14.7. The Balaban J connectivity index is 2.08. The molecule has 0 aromatic carbocycles. The van der Waals surface area contributed by atoms with Crippen LogP contribution in [0.1, 0.15) is 52.2 Å². The van der Waals surface area contributed by atoms with Gasteiger partial charge in [-0.3, -0.25) is 10.2 Å². The molecule has 0 fully saturated rings. The molecule has 0 radical (unpaired) electrons. The van der Waals surface area contributed by atoms with E-state index in [9.17, 15) is 0 Å². The van der Waals surface area contributed by atoms with Gasteiger partial charge in [0, 0.05) is 10.5 Å². The molecule has 0 aliphatic heterocycles. The van der Waals surface area contributed by atoms with Gasteiger partial charge in [0.15, 0.2) is 0 Å². The molecule has 0 saturated carbocycles. The number of nitrogens with one attached hydrogen (secondary N) is 2. The molecule has 0 spiro atoms. The number of hydrogen-bond acceptors (Lipinski definition) is 6. The highest BCUT2D eigenvalue weighted by atomic mass is 32.2. The van der Waals surface area contributed by atoms with E-state index in [1.165, 1.54) is 0 Å². The van der Waals surface area contributed by atoms with Gasteiger partial charge in [-0.25, -0.2) is 9.97 Å². The van der Waals surface area contributed by atoms with Gasteiger partial charge in [-0.2, -0.15) is 0 Å². The fourth-order valence-electron chi connectivity index (χ4n) is 1.56. The number of rotatable bonds is 6. The number of aromatic amines is 2. The van der Waals surface area contributed by atoms with Crippen LogP contribution < -0.4 is 0 Å². The number of aromatic nitrogens is 6. The van der Waals surface area contributed by atoms with Crippen molar-refractivity contribution in [2.24, 2.45) is 0 Å². The molecule has 0 bridgehead atoms. The van der Waals surface area contributed by atoms with Crippen molar-refractivity contribution in [2.45, 2.75) is 61.3 Å². The normalized spacial score (nSPS) is 12.0. The fourth-order valence-corrected chi connectivity index (χ4v) is 2.90. The molecule has 0 unspecified atom stereocenters. The van der Waals surface area contributed by atoms with Gasteiger partial charge in [-0.05, 0) is 6.92 Å². The van der Waals surface area contributed by atoms with E-state index < -0.39 is 0 Å². The van der Waals surface area contributed by atoms with Crippen LogP contribution >= 0.6 is 23.5 Å². The summed E-state index contributed by atoms with van der Waals surface area (Å²) < 4.78 is 0. The van der Waals surface area contributed by atoms with Crippen LogP contribution in [0.15, 0.2) is 10.3 Å². The summed E-state index contributed by atoms with van der Waals surface area (Å²) >= 11 is 3.28. The smallest absolute Gasteiger partial charge is 0.208 e. The molecule has 0 atom stereocenters. The van der Waals surface area contributed by atoms with Crippen molar-refractivity contribution in [3.8, 4) is 0 Å². The summed E-state index contributed by atoms with van der Waals surface area (Å²) in [5.41, 5.74) is 0. The maximum Gasteiger partial charge on any atom is 0.208 e. The highest BCUT2D eigenvalue weighted by Crippen LogP contribution is 2.25. The molecule has 2 rings (SSSR count). The monoisotopic (exact) mass is 312 g/mol. The first-order valence-corrected chi connectivity index (χ1v) is 8.39. The van der Waals surface area contributed by atoms with Crippen LogP contribution in [0.2, 0.25) is 0 Å². The van der Waals surface area contributed by atoms with E-state index in [1.54, 1.807) is 23.5 Å². The molecule has 20 heavy (non-hydrogen) atoms. The Morgan fingerprint density at radius 2 is 1.15 bits per heavy atom. The Kier molecular flexibility index (Phi) is 5.09. The molecule has 0 saturated heterocycles. The predicted octanol–water partition coefficient (Wildman–Crippen LogP) is 3.08. The Morgan fingerprint density at radius 3 is 1.50 bits per heavy atom. The molecule has 2 aromatic heterocycles. The van der Waals surface area contributed by atoms with Gasteiger partial charge in [0.1, 0.15) is 11.6 Å². The van der Waals surface area contributed by atoms with Crippen LogP contribution in [0, 0.1) is 0 Å². The van der Waals surface area contributed by atoms with Gasteiger partial charge in [-0.1, -0.05) is 51.2 Å². The van der Waals surface area contributed by atoms with Crippen molar-refractivity contribution in [1.29, 1.82) is 0 Å². The van der Waals surface area contributed by atoms with E-state index in [-0.39, 0.29) is 5.92 Å². The lowest BCUT2D eigenvalue weighted by Gasteiger charge is -2.02. The van der Waals surface area contributed by atoms with E-state index in [1.807, 2.05) is 6.92 Å². The van der Waals surface area contributed by atoms with E-state index in [0.29, 0.717) is 10.5 Å². The third-order valence-electron chi connectivity index (χ3n) is 2.47. The van der Waals surface area contributed by atoms with Crippen molar-refractivity contribution in [3.05, 3.63) is 11.6 Å². The first-order chi connectivity index (χ1) is 9.45. The van der Waals surface area contributed by atoms with E-state index in [2.05, 4.69) is 58.1 Å². The molecule has 2 aromatic rings. The second-order valence-electron chi connectivity index (χ2n) is 5.06. The summed E-state index contributed by atoms with van der Waals surface area (Å²) in [5, 5.41) is 16.9. The molecule has 0 amide bonds. The minimum absolute atomic E-state index is 0.0259. The van der Waals surface area contributed by atoms with Crippen LogP contribution in [0.5, 0.6) is 0 Å². The summed E-state index contributed by atoms with van der Waals surface area (Å²) in [7, 11) is 0. The van der Waals surface area contributed by atoms with Crippen molar-refractivity contribution in [3.63, 3.8) is 0 Å². The highest BCUT2D eigenvalue weighted by molar-refractivity contribution is 7.99. The molecule has 8 heteroatoms. The van der Waals surface area contributed by atoms with Crippen molar-refractivity contribution in [2.75, 3.05) is 0 Å². The Hall–Kier alpha value is -1.02. The third-order valence-corrected chi connectivity index (χ3v) is 4.20. The molecule has 6 nitrogen and oxygen atoms in total. The zero-order valence-corrected chi connectivity index (χ0v) is 14.0. The van der Waals surface area contributed by atoms with E-state index in [0.717, 1.165) is 22.0 Å². The molecule has 2 N–H and O–H groups in total. The van der Waals surface area contributed by atoms with Gasteiger partial charge in [-0.15, -0.1) is 10.2 Å². The molecule has 0 aliphatic carbocycles. The maximum atomic E-state index is 4.50. The minimum Gasteiger partial charge on any atom is -0.262 e. The zero-order valence-electron chi connectivity index (χ0n) is 12.3. The molecular weight excluding hydrogens is 292 g/mol. The van der Waals surface area contributed by atoms with Crippen LogP contribution in [0.25, 0.3) is 0 Å². The van der Waals surface area contributed by atoms with Crippen LogP contribution in [-0.2, 0) is 0 Å². The standard InChI is InChI=1S/C12H20N6S2/c1-6(2)19-11-13-9(15-17-11)8(5)10-14-12(18-16-10)20-7(3)4/h6-8H,1-5H3,(H,13,15,17)(H,14,16,18). The van der Waals surface area contributed by atoms with Crippen molar-refractivity contribution < 1.29 is 0 Å². The summed E-state index contributed by atoms with van der Waals surface area (Å²) in [6.07, 6.45) is 0. The number of nitrogens with zero attached hydrogens (tertiary/aromatic N) is 4. The van der Waals surface area contributed by atoms with Crippen molar-refractivity contribution >= 4 is 23.5 Å². The van der Waals surface area contributed by atoms with Crippen molar-refractivity contribution in [1.82, 2.24) is 30.4 Å². The SMILES string of the molecule is CC(C)Sc1n[nH]c(C(C)c2nc(SC(C)C)n[nH]2)n1. The van der Waals surface area contributed by atoms with Gasteiger partial charge in [0.2, 0.25) is 10.3 Å². The number of H-pyrrole nitrogens is 2. The van der Waals surface area contributed by atoms with Crippen LogP contribution in [0.4, 0.5) is 0 Å². The highest BCUT2D eigenvalue weighted by Gasteiger charge is 2.18. The van der Waals surface area contributed by atoms with Crippen LogP contribution in [-0.4, -0.2) is 40.9 Å². The van der Waals surface area contributed by atoms with Gasteiger partial charge in [0.05, 0.1) is 5.92 Å². The molecular formula is C12H20N6S2. The lowest BCUT2D eigenvalue weighted by molar-refractivity contribution is 0.760. The summed E-state index contributed by atoms with van der Waals surface area (Å²) in [5.74, 6) is 1.65. The van der Waals surface area contributed by atoms with Gasteiger partial charge in [0.25, 0.3) is 0 Å². The Bertz CT molecular complexity index is 499. The number of thioether (sulfide) groups is 2. The quantitative estimate of drug-likeness (QED) is 0.798. The average Bonchev–Trinajstić information content (AvgIpc) is 2.96. The third kappa shape index (κ3) is 3.99. The first kappa shape index (κ1) is 15.4. The first-order valence-electron chi connectivity index (χ1n) is 6.63.